The number of Topliss-reactive ketones (excluding diaryl/α,β-unsaturated/α-hetero) is 1. The lowest BCUT2D eigenvalue weighted by Gasteiger charge is -2.37. The first-order chi connectivity index (χ1) is 8.57. The van der Waals surface area contributed by atoms with E-state index in [4.69, 9.17) is 0 Å². The summed E-state index contributed by atoms with van der Waals surface area (Å²) in [7, 11) is 0. The standard InChI is InChI=1S/C15H24N2O/c1-15(2)8-11-13(12(18)9-15)14(17-16-11)10-6-4-3-5-7-10/h10-11,13,16H,3-9H2,1-2H3/t11-,13-/m1/s1. The molecule has 100 valence electrons. The lowest BCUT2D eigenvalue weighted by atomic mass is 9.66. The van der Waals surface area contributed by atoms with Gasteiger partial charge in [-0.15, -0.1) is 0 Å². The summed E-state index contributed by atoms with van der Waals surface area (Å²) in [6.45, 7) is 4.39. The highest BCUT2D eigenvalue weighted by Crippen LogP contribution is 2.41. The molecule has 1 aliphatic heterocycles. The number of hydrogen-bond acceptors (Lipinski definition) is 3. The first kappa shape index (κ1) is 12.2. The van der Waals surface area contributed by atoms with Gasteiger partial charge in [0.1, 0.15) is 5.78 Å². The van der Waals surface area contributed by atoms with Gasteiger partial charge >= 0.3 is 0 Å². The van der Waals surface area contributed by atoms with Crippen molar-refractivity contribution >= 4 is 11.5 Å². The van der Waals surface area contributed by atoms with Gasteiger partial charge in [-0.1, -0.05) is 33.1 Å². The van der Waals surface area contributed by atoms with E-state index in [1.165, 1.54) is 37.8 Å². The van der Waals surface area contributed by atoms with Crippen molar-refractivity contribution in [1.29, 1.82) is 0 Å². The van der Waals surface area contributed by atoms with E-state index in [1.54, 1.807) is 0 Å². The quantitative estimate of drug-likeness (QED) is 0.775. The van der Waals surface area contributed by atoms with Gasteiger partial charge in [-0.2, -0.15) is 5.10 Å². The molecule has 0 radical (unpaired) electrons. The molecule has 0 aromatic carbocycles. The van der Waals surface area contributed by atoms with Crippen LogP contribution in [0.2, 0.25) is 0 Å². The third-order valence-electron chi connectivity index (χ3n) is 4.88. The number of carbonyl (C=O) groups is 1. The number of rotatable bonds is 1. The van der Waals surface area contributed by atoms with Crippen LogP contribution in [0.15, 0.2) is 5.10 Å². The molecule has 0 saturated heterocycles. The maximum atomic E-state index is 12.4. The average Bonchev–Trinajstić information content (AvgIpc) is 2.72. The normalized spacial score (nSPS) is 35.9. The predicted molar refractivity (Wildman–Crippen MR) is 72.4 cm³/mol. The summed E-state index contributed by atoms with van der Waals surface area (Å²) >= 11 is 0. The monoisotopic (exact) mass is 248 g/mol. The van der Waals surface area contributed by atoms with E-state index < -0.39 is 0 Å². The molecule has 18 heavy (non-hydrogen) atoms. The second-order valence-electron chi connectivity index (χ2n) is 7.10. The van der Waals surface area contributed by atoms with Crippen LogP contribution < -0.4 is 5.43 Å². The fourth-order valence-corrected chi connectivity index (χ4v) is 4.05. The number of carbonyl (C=O) groups excluding carboxylic acids is 1. The van der Waals surface area contributed by atoms with Crippen molar-refractivity contribution in [2.24, 2.45) is 22.4 Å². The largest absolute Gasteiger partial charge is 0.306 e. The minimum absolute atomic E-state index is 0.0983. The van der Waals surface area contributed by atoms with Crippen LogP contribution in [0.3, 0.4) is 0 Å². The van der Waals surface area contributed by atoms with Crippen LogP contribution in [0.4, 0.5) is 0 Å². The molecule has 1 heterocycles. The van der Waals surface area contributed by atoms with Gasteiger partial charge in [0.25, 0.3) is 0 Å². The molecule has 0 unspecified atom stereocenters. The van der Waals surface area contributed by atoms with Gasteiger partial charge in [0.15, 0.2) is 0 Å². The topological polar surface area (TPSA) is 41.5 Å². The first-order valence-electron chi connectivity index (χ1n) is 7.42. The lowest BCUT2D eigenvalue weighted by molar-refractivity contribution is -0.126. The maximum absolute atomic E-state index is 12.4. The molecule has 2 fully saturated rings. The van der Waals surface area contributed by atoms with Crippen LogP contribution in [0, 0.1) is 17.3 Å². The van der Waals surface area contributed by atoms with E-state index in [0.717, 1.165) is 12.8 Å². The molecule has 3 rings (SSSR count). The summed E-state index contributed by atoms with van der Waals surface area (Å²) in [6.07, 6.45) is 8.24. The van der Waals surface area contributed by atoms with Crippen LogP contribution in [-0.2, 0) is 4.79 Å². The van der Waals surface area contributed by atoms with Gasteiger partial charge in [0.05, 0.1) is 17.7 Å². The van der Waals surface area contributed by atoms with E-state index in [9.17, 15) is 4.79 Å². The second-order valence-corrected chi connectivity index (χ2v) is 7.10. The molecule has 0 aromatic rings. The summed E-state index contributed by atoms with van der Waals surface area (Å²) in [5.41, 5.74) is 4.60. The molecule has 3 aliphatic rings. The van der Waals surface area contributed by atoms with Gasteiger partial charge in [-0.05, 0) is 30.6 Å². The van der Waals surface area contributed by atoms with Crippen LogP contribution >= 0.6 is 0 Å². The van der Waals surface area contributed by atoms with E-state index in [2.05, 4.69) is 24.4 Å². The molecule has 2 saturated carbocycles. The van der Waals surface area contributed by atoms with Gasteiger partial charge in [0.2, 0.25) is 0 Å². The Kier molecular flexibility index (Phi) is 2.95. The number of ketones is 1. The minimum atomic E-state index is 0.0983. The van der Waals surface area contributed by atoms with Crippen LogP contribution in [0.1, 0.15) is 58.8 Å². The van der Waals surface area contributed by atoms with Gasteiger partial charge in [0, 0.05) is 6.42 Å². The van der Waals surface area contributed by atoms with Gasteiger partial charge in [-0.3, -0.25) is 4.79 Å². The van der Waals surface area contributed by atoms with Crippen molar-refractivity contribution in [1.82, 2.24) is 5.43 Å². The third-order valence-corrected chi connectivity index (χ3v) is 4.88. The van der Waals surface area contributed by atoms with Crippen LogP contribution in [-0.4, -0.2) is 17.5 Å². The van der Waals surface area contributed by atoms with Crippen LogP contribution in [0.5, 0.6) is 0 Å². The fourth-order valence-electron chi connectivity index (χ4n) is 4.05. The SMILES string of the molecule is CC1(C)CC(=O)[C@@H]2C(C3CCCCC3)=NN[C@@H]2C1. The third kappa shape index (κ3) is 2.08. The summed E-state index contributed by atoms with van der Waals surface area (Å²) in [4.78, 5) is 12.4. The summed E-state index contributed by atoms with van der Waals surface area (Å²) in [5, 5.41) is 4.57. The molecular weight excluding hydrogens is 224 g/mol. The Morgan fingerprint density at radius 1 is 1.22 bits per heavy atom. The van der Waals surface area contributed by atoms with Crippen molar-refractivity contribution < 1.29 is 4.79 Å². The van der Waals surface area contributed by atoms with E-state index >= 15 is 0 Å². The zero-order valence-electron chi connectivity index (χ0n) is 11.5. The number of hydrazone groups is 1. The minimum Gasteiger partial charge on any atom is -0.306 e. The highest BCUT2D eigenvalue weighted by molar-refractivity contribution is 6.08. The molecular formula is C15H24N2O. The molecule has 3 heteroatoms. The number of nitrogens with zero attached hydrogens (tertiary/aromatic N) is 1. The number of nitrogens with one attached hydrogen (secondary N) is 1. The summed E-state index contributed by atoms with van der Waals surface area (Å²) in [6, 6.07) is 0.276. The predicted octanol–water partition coefficient (Wildman–Crippen LogP) is 2.90. The Hall–Kier alpha value is -0.860. The van der Waals surface area contributed by atoms with E-state index in [-0.39, 0.29) is 17.4 Å². The van der Waals surface area contributed by atoms with E-state index in [0.29, 0.717) is 11.7 Å². The molecule has 2 aliphatic carbocycles. The Morgan fingerprint density at radius 2 is 1.94 bits per heavy atom. The molecule has 0 bridgehead atoms. The van der Waals surface area contributed by atoms with Gasteiger partial charge < -0.3 is 5.43 Å². The van der Waals surface area contributed by atoms with Crippen LogP contribution in [0.25, 0.3) is 0 Å². The van der Waals surface area contributed by atoms with Crippen molar-refractivity contribution in [3.63, 3.8) is 0 Å². The fraction of sp³-hybridized carbons (Fsp3) is 0.867. The Balaban J connectivity index is 1.77. The molecule has 3 nitrogen and oxygen atoms in total. The first-order valence-corrected chi connectivity index (χ1v) is 7.42. The molecule has 0 spiro atoms. The zero-order chi connectivity index (χ0) is 12.8. The summed E-state index contributed by atoms with van der Waals surface area (Å²) in [5.74, 6) is 1.10. The molecule has 0 amide bonds. The molecule has 0 aromatic heterocycles. The molecule has 1 N–H and O–H groups in total. The number of fused-ring (bicyclic) bond motifs is 1. The van der Waals surface area contributed by atoms with Crippen molar-refractivity contribution in [3.05, 3.63) is 0 Å². The van der Waals surface area contributed by atoms with E-state index in [1.807, 2.05) is 0 Å². The summed E-state index contributed by atoms with van der Waals surface area (Å²) < 4.78 is 0. The highest BCUT2D eigenvalue weighted by Gasteiger charge is 2.47. The van der Waals surface area contributed by atoms with Gasteiger partial charge in [-0.25, -0.2) is 0 Å². The molecule has 2 atom stereocenters. The van der Waals surface area contributed by atoms with Crippen molar-refractivity contribution in [3.8, 4) is 0 Å². The van der Waals surface area contributed by atoms with Crippen molar-refractivity contribution in [2.75, 3.05) is 0 Å². The Morgan fingerprint density at radius 3 is 2.67 bits per heavy atom. The highest BCUT2D eigenvalue weighted by atomic mass is 16.1. The average molecular weight is 248 g/mol. The zero-order valence-corrected chi connectivity index (χ0v) is 11.5. The maximum Gasteiger partial charge on any atom is 0.144 e. The smallest absolute Gasteiger partial charge is 0.144 e. The van der Waals surface area contributed by atoms with Crippen molar-refractivity contribution in [2.45, 2.75) is 64.8 Å². The number of hydrogen-bond donors (Lipinski definition) is 1. The Bertz CT molecular complexity index is 380. The lowest BCUT2D eigenvalue weighted by Crippen LogP contribution is -2.46. The Labute approximate surface area is 109 Å². The second kappa shape index (κ2) is 4.36.